The maximum atomic E-state index is 12.5. The number of fused-ring (bicyclic) bond motifs is 1. The molecule has 6 nitrogen and oxygen atoms in total. The van der Waals surface area contributed by atoms with Gasteiger partial charge in [-0.1, -0.05) is 19.9 Å². The van der Waals surface area contributed by atoms with Gasteiger partial charge in [-0.2, -0.15) is 0 Å². The van der Waals surface area contributed by atoms with Gasteiger partial charge in [0, 0.05) is 43.1 Å². The van der Waals surface area contributed by atoms with Gasteiger partial charge in [0.1, 0.15) is 0 Å². The molecule has 0 radical (unpaired) electrons. The summed E-state index contributed by atoms with van der Waals surface area (Å²) in [5.41, 5.74) is 2.26. The molecular weight excluding hydrogens is 330 g/mol. The van der Waals surface area contributed by atoms with Crippen LogP contribution in [0.5, 0.6) is 0 Å². The third-order valence-corrected chi connectivity index (χ3v) is 5.08. The molecule has 2 amide bonds. The molecule has 138 valence electrons. The lowest BCUT2D eigenvalue weighted by atomic mass is 9.95. The van der Waals surface area contributed by atoms with Crippen molar-refractivity contribution in [3.05, 3.63) is 40.2 Å². The first kappa shape index (κ1) is 18.2. The number of H-pyrrole nitrogens is 1. The Bertz CT molecular complexity index is 893. The Morgan fingerprint density at radius 2 is 1.88 bits per heavy atom. The number of piperidine rings is 1. The van der Waals surface area contributed by atoms with E-state index in [0.717, 1.165) is 16.5 Å². The summed E-state index contributed by atoms with van der Waals surface area (Å²) in [6, 6.07) is 7.25. The van der Waals surface area contributed by atoms with Crippen molar-refractivity contribution < 1.29 is 9.59 Å². The second kappa shape index (κ2) is 7.32. The summed E-state index contributed by atoms with van der Waals surface area (Å²) in [5.74, 6) is 0.173. The molecule has 0 aliphatic carbocycles. The van der Waals surface area contributed by atoms with Gasteiger partial charge >= 0.3 is 0 Å². The van der Waals surface area contributed by atoms with Gasteiger partial charge in [-0.15, -0.1) is 0 Å². The van der Waals surface area contributed by atoms with E-state index in [4.69, 9.17) is 0 Å². The molecule has 26 heavy (non-hydrogen) atoms. The van der Waals surface area contributed by atoms with E-state index >= 15 is 0 Å². The first-order valence-electron chi connectivity index (χ1n) is 9.08. The van der Waals surface area contributed by atoms with Crippen molar-refractivity contribution in [1.82, 2.24) is 9.88 Å². The van der Waals surface area contributed by atoms with Gasteiger partial charge in [-0.3, -0.25) is 14.4 Å². The Hall–Kier alpha value is -2.63. The summed E-state index contributed by atoms with van der Waals surface area (Å²) in [6.45, 7) is 6.91. The summed E-state index contributed by atoms with van der Waals surface area (Å²) >= 11 is 0. The fraction of sp³-hybridized carbons (Fsp3) is 0.450. The second-order valence-corrected chi connectivity index (χ2v) is 7.27. The Kier molecular flexibility index (Phi) is 5.11. The standard InChI is InChI=1S/C20H25N3O3/c1-12(2)17-11-19(25)22-18-10-15(4-5-16(17)18)21-20(26)14-6-8-23(9-7-14)13(3)24/h4-5,10-12,14H,6-9H2,1-3H3,(H,21,26)(H,22,25). The van der Waals surface area contributed by atoms with E-state index in [2.05, 4.69) is 24.1 Å². The molecule has 1 saturated heterocycles. The molecule has 2 heterocycles. The second-order valence-electron chi connectivity index (χ2n) is 7.27. The number of benzene rings is 1. The number of hydrogen-bond acceptors (Lipinski definition) is 3. The molecule has 2 aromatic rings. The lowest BCUT2D eigenvalue weighted by Crippen LogP contribution is -2.40. The summed E-state index contributed by atoms with van der Waals surface area (Å²) in [7, 11) is 0. The number of rotatable bonds is 3. The zero-order chi connectivity index (χ0) is 18.8. The quantitative estimate of drug-likeness (QED) is 0.888. The first-order valence-corrected chi connectivity index (χ1v) is 9.08. The SMILES string of the molecule is CC(=O)N1CCC(C(=O)Nc2ccc3c(C(C)C)cc(=O)[nH]c3c2)CC1. The summed E-state index contributed by atoms with van der Waals surface area (Å²) in [5, 5.41) is 3.94. The Morgan fingerprint density at radius 3 is 2.50 bits per heavy atom. The van der Waals surface area contributed by atoms with Gasteiger partial charge in [0.15, 0.2) is 0 Å². The van der Waals surface area contributed by atoms with E-state index in [1.54, 1.807) is 17.9 Å². The van der Waals surface area contributed by atoms with Crippen LogP contribution >= 0.6 is 0 Å². The average molecular weight is 355 g/mol. The molecule has 0 saturated carbocycles. The number of nitrogens with zero attached hydrogens (tertiary/aromatic N) is 1. The monoisotopic (exact) mass is 355 g/mol. The van der Waals surface area contributed by atoms with Crippen molar-refractivity contribution >= 4 is 28.4 Å². The minimum atomic E-state index is -0.138. The smallest absolute Gasteiger partial charge is 0.248 e. The van der Waals surface area contributed by atoms with E-state index < -0.39 is 0 Å². The van der Waals surface area contributed by atoms with Crippen LogP contribution in [0, 0.1) is 5.92 Å². The molecule has 1 aromatic heterocycles. The van der Waals surface area contributed by atoms with E-state index in [0.29, 0.717) is 31.6 Å². The Morgan fingerprint density at radius 1 is 1.19 bits per heavy atom. The molecule has 2 N–H and O–H groups in total. The normalized spacial score (nSPS) is 15.5. The van der Waals surface area contributed by atoms with Crippen LogP contribution in [0.1, 0.15) is 45.1 Å². The highest BCUT2D eigenvalue weighted by Crippen LogP contribution is 2.26. The predicted octanol–water partition coefficient (Wildman–Crippen LogP) is 2.85. The van der Waals surface area contributed by atoms with Crippen LogP contribution in [0.4, 0.5) is 5.69 Å². The molecule has 3 rings (SSSR count). The number of aromatic amines is 1. The van der Waals surface area contributed by atoms with Crippen LogP contribution in [0.25, 0.3) is 10.9 Å². The van der Waals surface area contributed by atoms with Gasteiger partial charge in [0.05, 0.1) is 5.52 Å². The van der Waals surface area contributed by atoms with Crippen molar-refractivity contribution in [2.45, 2.75) is 39.5 Å². The zero-order valence-electron chi connectivity index (χ0n) is 15.5. The van der Waals surface area contributed by atoms with Crippen molar-refractivity contribution in [1.29, 1.82) is 0 Å². The Labute approximate surface area is 152 Å². The molecule has 0 bridgehead atoms. The lowest BCUT2D eigenvalue weighted by Gasteiger charge is -2.30. The number of hydrogen-bond donors (Lipinski definition) is 2. The molecular formula is C20H25N3O3. The van der Waals surface area contributed by atoms with Gasteiger partial charge in [0.2, 0.25) is 17.4 Å². The number of carbonyl (C=O) groups excluding carboxylic acids is 2. The van der Waals surface area contributed by atoms with E-state index in [-0.39, 0.29) is 29.2 Å². The highest BCUT2D eigenvalue weighted by Gasteiger charge is 2.26. The highest BCUT2D eigenvalue weighted by molar-refractivity contribution is 5.95. The summed E-state index contributed by atoms with van der Waals surface area (Å²) in [6.07, 6.45) is 1.35. The molecule has 0 atom stereocenters. The number of carbonyl (C=O) groups is 2. The first-order chi connectivity index (χ1) is 12.3. The molecule has 1 aliphatic rings. The van der Waals surface area contributed by atoms with Crippen LogP contribution in [-0.4, -0.2) is 34.8 Å². The summed E-state index contributed by atoms with van der Waals surface area (Å²) < 4.78 is 0. The van der Waals surface area contributed by atoms with E-state index in [9.17, 15) is 14.4 Å². The van der Waals surface area contributed by atoms with Crippen molar-refractivity contribution in [3.63, 3.8) is 0 Å². The third kappa shape index (κ3) is 3.79. The number of aromatic nitrogens is 1. The fourth-order valence-electron chi connectivity index (χ4n) is 3.54. The van der Waals surface area contributed by atoms with Gasteiger partial charge in [-0.25, -0.2) is 0 Å². The molecule has 1 aliphatic heterocycles. The minimum absolute atomic E-state index is 0.0325. The predicted molar refractivity (Wildman–Crippen MR) is 102 cm³/mol. The number of pyridine rings is 1. The van der Waals surface area contributed by atoms with Crippen LogP contribution in [0.15, 0.2) is 29.1 Å². The third-order valence-electron chi connectivity index (χ3n) is 5.08. The van der Waals surface area contributed by atoms with Crippen molar-refractivity contribution in [3.8, 4) is 0 Å². The van der Waals surface area contributed by atoms with Gasteiger partial charge in [-0.05, 0) is 36.5 Å². The zero-order valence-corrected chi connectivity index (χ0v) is 15.5. The molecule has 6 heteroatoms. The summed E-state index contributed by atoms with van der Waals surface area (Å²) in [4.78, 5) is 40.4. The number of nitrogens with one attached hydrogen (secondary N) is 2. The van der Waals surface area contributed by atoms with Crippen LogP contribution in [0.3, 0.4) is 0 Å². The fourth-order valence-corrected chi connectivity index (χ4v) is 3.54. The largest absolute Gasteiger partial charge is 0.343 e. The van der Waals surface area contributed by atoms with Crippen molar-refractivity contribution in [2.24, 2.45) is 5.92 Å². The lowest BCUT2D eigenvalue weighted by molar-refractivity contribution is -0.132. The molecule has 1 fully saturated rings. The van der Waals surface area contributed by atoms with E-state index in [1.807, 2.05) is 18.2 Å². The van der Waals surface area contributed by atoms with Crippen LogP contribution in [0.2, 0.25) is 0 Å². The number of anilines is 1. The minimum Gasteiger partial charge on any atom is -0.343 e. The average Bonchev–Trinajstić information content (AvgIpc) is 2.60. The van der Waals surface area contributed by atoms with Gasteiger partial charge in [0.25, 0.3) is 0 Å². The van der Waals surface area contributed by atoms with Crippen molar-refractivity contribution in [2.75, 3.05) is 18.4 Å². The molecule has 0 spiro atoms. The maximum Gasteiger partial charge on any atom is 0.248 e. The van der Waals surface area contributed by atoms with Crippen LogP contribution < -0.4 is 10.9 Å². The topological polar surface area (TPSA) is 82.3 Å². The van der Waals surface area contributed by atoms with E-state index in [1.165, 1.54) is 0 Å². The number of likely N-dealkylation sites (tertiary alicyclic amines) is 1. The molecule has 1 aromatic carbocycles. The Balaban J connectivity index is 1.76. The van der Waals surface area contributed by atoms with Crippen LogP contribution in [-0.2, 0) is 9.59 Å². The van der Waals surface area contributed by atoms with Gasteiger partial charge < -0.3 is 15.2 Å². The molecule has 0 unspecified atom stereocenters. The maximum absolute atomic E-state index is 12.5. The highest BCUT2D eigenvalue weighted by atomic mass is 16.2. The number of amides is 2.